The molecular weight excluding hydrogens is 377 g/mol. The van der Waals surface area contributed by atoms with Gasteiger partial charge < -0.3 is 20.1 Å². The van der Waals surface area contributed by atoms with Crippen LogP contribution in [-0.4, -0.2) is 49.2 Å². The van der Waals surface area contributed by atoms with E-state index < -0.39 is 24.2 Å². The van der Waals surface area contributed by atoms with Gasteiger partial charge >= 0.3 is 6.18 Å². The summed E-state index contributed by atoms with van der Waals surface area (Å²) in [5, 5.41) is 9.50. The van der Waals surface area contributed by atoms with Crippen LogP contribution in [0.2, 0.25) is 0 Å². The molecule has 3 rings (SSSR count). The lowest BCUT2D eigenvalue weighted by Crippen LogP contribution is -2.35. The van der Waals surface area contributed by atoms with Gasteiger partial charge in [-0.2, -0.15) is 18.3 Å². The van der Waals surface area contributed by atoms with E-state index in [2.05, 4.69) is 15.7 Å². The van der Waals surface area contributed by atoms with Gasteiger partial charge in [0.15, 0.2) is 11.7 Å². The smallest absolute Gasteiger partial charge is 0.410 e. The zero-order valence-corrected chi connectivity index (χ0v) is 15.4. The number of carbonyl (C=O) groups is 1. The quantitative estimate of drug-likeness (QED) is 0.732. The summed E-state index contributed by atoms with van der Waals surface area (Å²) in [4.78, 5) is 12.2. The summed E-state index contributed by atoms with van der Waals surface area (Å²) < 4.78 is 51.8. The largest absolute Gasteiger partial charge is 0.497 e. The minimum Gasteiger partial charge on any atom is -0.497 e. The highest BCUT2D eigenvalue weighted by atomic mass is 19.4. The normalized spacial score (nSPS) is 18.9. The monoisotopic (exact) mass is 398 g/mol. The number of nitrogens with one attached hydrogen (secondary N) is 2. The summed E-state index contributed by atoms with van der Waals surface area (Å²) in [6.07, 6.45) is -4.74. The summed E-state index contributed by atoms with van der Waals surface area (Å²) in [6, 6.07) is 5.74. The number of benzene rings is 1. The Hall–Kier alpha value is -2.75. The molecule has 1 amide bonds. The van der Waals surface area contributed by atoms with Crippen molar-refractivity contribution >= 4 is 11.7 Å². The van der Waals surface area contributed by atoms with Crippen LogP contribution in [0.15, 0.2) is 30.3 Å². The maximum Gasteiger partial charge on any atom is 0.410 e. The summed E-state index contributed by atoms with van der Waals surface area (Å²) in [6.45, 7) is 0.532. The number of anilines is 1. The van der Waals surface area contributed by atoms with E-state index in [-0.39, 0.29) is 24.5 Å². The first kappa shape index (κ1) is 20.0. The van der Waals surface area contributed by atoms with Crippen LogP contribution < -0.4 is 15.4 Å². The van der Waals surface area contributed by atoms with Crippen LogP contribution in [0.3, 0.4) is 0 Å². The highest BCUT2D eigenvalue weighted by molar-refractivity contribution is 5.93. The highest BCUT2D eigenvalue weighted by Gasteiger charge is 2.46. The van der Waals surface area contributed by atoms with Crippen LogP contribution in [0, 0.1) is 0 Å². The molecule has 1 aliphatic rings. The van der Waals surface area contributed by atoms with E-state index in [0.717, 1.165) is 4.68 Å². The van der Waals surface area contributed by atoms with Crippen molar-refractivity contribution in [3.05, 3.63) is 41.6 Å². The Morgan fingerprint density at radius 2 is 2.04 bits per heavy atom. The Labute approximate surface area is 159 Å². The Balaban J connectivity index is 1.87. The zero-order valence-electron chi connectivity index (χ0n) is 15.4. The molecule has 7 nitrogen and oxygen atoms in total. The molecule has 0 radical (unpaired) electrons. The lowest BCUT2D eigenvalue weighted by Gasteiger charge is -2.33. The first-order chi connectivity index (χ1) is 13.3. The number of hydrogen-bond acceptors (Lipinski definition) is 5. The molecular formula is C18H21F3N4O3. The maximum absolute atomic E-state index is 13.7. The topological polar surface area (TPSA) is 77.4 Å². The molecule has 0 aliphatic carbocycles. The van der Waals surface area contributed by atoms with Crippen molar-refractivity contribution in [1.29, 1.82) is 0 Å². The minimum atomic E-state index is -4.50. The Kier molecular flexibility index (Phi) is 5.78. The molecule has 1 aliphatic heterocycles. The lowest BCUT2D eigenvalue weighted by molar-refractivity contribution is -0.173. The molecule has 152 valence electrons. The molecule has 1 aromatic carbocycles. The van der Waals surface area contributed by atoms with Crippen molar-refractivity contribution in [2.75, 3.05) is 32.7 Å². The predicted molar refractivity (Wildman–Crippen MR) is 95.5 cm³/mol. The molecule has 2 aromatic rings. The Bertz CT molecular complexity index is 820. The second-order valence-electron chi connectivity index (χ2n) is 6.37. The Morgan fingerprint density at radius 1 is 1.32 bits per heavy atom. The van der Waals surface area contributed by atoms with Gasteiger partial charge in [0.2, 0.25) is 0 Å². The average Bonchev–Trinajstić information content (AvgIpc) is 3.10. The fourth-order valence-corrected chi connectivity index (χ4v) is 3.10. The predicted octanol–water partition coefficient (Wildman–Crippen LogP) is 2.93. The number of aromatic nitrogens is 2. The first-order valence-corrected chi connectivity index (χ1v) is 8.67. The standard InChI is InChI=1S/C18H21F3N4O3/c1-27-8-7-22-17(26)14-10-16-23-13(11-3-5-12(28-2)6-4-11)9-15(18(19,20)21)25(16)24-14/h3-6,10,13,15,23H,7-9H2,1-2H3,(H,22,26)/t13-,15+/m1/s1. The van der Waals surface area contributed by atoms with Gasteiger partial charge in [0, 0.05) is 26.1 Å². The van der Waals surface area contributed by atoms with E-state index in [4.69, 9.17) is 9.47 Å². The SMILES string of the molecule is COCCNC(=O)c1cc2n(n1)[C@H](C(F)(F)F)C[C@H](c1ccc(OC)cc1)N2. The van der Waals surface area contributed by atoms with Gasteiger partial charge in [-0.15, -0.1) is 0 Å². The number of nitrogens with zero attached hydrogens (tertiary/aromatic N) is 2. The number of amides is 1. The number of fused-ring (bicyclic) bond motifs is 1. The van der Waals surface area contributed by atoms with Gasteiger partial charge in [0.1, 0.15) is 11.6 Å². The molecule has 28 heavy (non-hydrogen) atoms. The van der Waals surface area contributed by atoms with Gasteiger partial charge in [-0.05, 0) is 17.7 Å². The highest BCUT2D eigenvalue weighted by Crippen LogP contribution is 2.43. The van der Waals surface area contributed by atoms with E-state index in [1.54, 1.807) is 24.3 Å². The van der Waals surface area contributed by atoms with Gasteiger partial charge in [-0.3, -0.25) is 4.79 Å². The second-order valence-corrected chi connectivity index (χ2v) is 6.37. The number of halogens is 3. The third kappa shape index (κ3) is 4.22. The molecule has 0 saturated heterocycles. The molecule has 0 unspecified atom stereocenters. The fraction of sp³-hybridized carbons (Fsp3) is 0.444. The number of methoxy groups -OCH3 is 2. The molecule has 2 heterocycles. The van der Waals surface area contributed by atoms with E-state index in [9.17, 15) is 18.0 Å². The fourth-order valence-electron chi connectivity index (χ4n) is 3.10. The molecule has 2 atom stereocenters. The summed E-state index contributed by atoms with van der Waals surface area (Å²) in [5.74, 6) is 0.209. The van der Waals surface area contributed by atoms with E-state index >= 15 is 0 Å². The molecule has 2 N–H and O–H groups in total. The number of hydrogen-bond donors (Lipinski definition) is 2. The zero-order chi connectivity index (χ0) is 20.3. The summed E-state index contributed by atoms with van der Waals surface area (Å²) >= 11 is 0. The van der Waals surface area contributed by atoms with E-state index in [1.165, 1.54) is 20.3 Å². The van der Waals surface area contributed by atoms with Crippen molar-refractivity contribution in [2.45, 2.75) is 24.7 Å². The van der Waals surface area contributed by atoms with Crippen molar-refractivity contribution in [3.63, 3.8) is 0 Å². The lowest BCUT2D eigenvalue weighted by atomic mass is 9.97. The van der Waals surface area contributed by atoms with Crippen molar-refractivity contribution in [1.82, 2.24) is 15.1 Å². The third-order valence-corrected chi connectivity index (χ3v) is 4.53. The van der Waals surface area contributed by atoms with Gasteiger partial charge in [0.25, 0.3) is 5.91 Å². The van der Waals surface area contributed by atoms with Crippen LogP contribution in [0.5, 0.6) is 5.75 Å². The number of ether oxygens (including phenoxy) is 2. The van der Waals surface area contributed by atoms with Crippen molar-refractivity contribution in [3.8, 4) is 5.75 Å². The molecule has 10 heteroatoms. The van der Waals surface area contributed by atoms with Crippen LogP contribution >= 0.6 is 0 Å². The molecule has 0 spiro atoms. The summed E-state index contributed by atoms with van der Waals surface area (Å²) in [7, 11) is 3.00. The van der Waals surface area contributed by atoms with Crippen LogP contribution in [0.1, 0.15) is 34.6 Å². The Morgan fingerprint density at radius 3 is 2.64 bits per heavy atom. The number of carbonyl (C=O) groups excluding carboxylic acids is 1. The van der Waals surface area contributed by atoms with Gasteiger partial charge in [0.05, 0.1) is 19.8 Å². The van der Waals surface area contributed by atoms with E-state index in [0.29, 0.717) is 17.9 Å². The van der Waals surface area contributed by atoms with E-state index in [1.807, 2.05) is 0 Å². The van der Waals surface area contributed by atoms with Crippen molar-refractivity contribution in [2.24, 2.45) is 0 Å². The molecule has 1 aromatic heterocycles. The first-order valence-electron chi connectivity index (χ1n) is 8.67. The maximum atomic E-state index is 13.7. The molecule has 0 bridgehead atoms. The van der Waals surface area contributed by atoms with Gasteiger partial charge in [-0.1, -0.05) is 12.1 Å². The van der Waals surface area contributed by atoms with Gasteiger partial charge in [-0.25, -0.2) is 4.68 Å². The number of alkyl halides is 3. The van der Waals surface area contributed by atoms with Crippen molar-refractivity contribution < 1.29 is 27.4 Å². The summed E-state index contributed by atoms with van der Waals surface area (Å²) in [5.41, 5.74) is 0.608. The van der Waals surface area contributed by atoms with Crippen LogP contribution in [0.4, 0.5) is 19.0 Å². The second kappa shape index (κ2) is 8.09. The molecule has 0 saturated carbocycles. The van der Waals surface area contributed by atoms with Crippen LogP contribution in [-0.2, 0) is 4.74 Å². The average molecular weight is 398 g/mol. The molecule has 0 fully saturated rings. The minimum absolute atomic E-state index is 0.0803. The third-order valence-electron chi connectivity index (χ3n) is 4.53. The van der Waals surface area contributed by atoms with Crippen LogP contribution in [0.25, 0.3) is 0 Å². The number of rotatable bonds is 6.